The molecule has 20 heavy (non-hydrogen) atoms. The van der Waals surface area contributed by atoms with Crippen LogP contribution >= 0.6 is 0 Å². The summed E-state index contributed by atoms with van der Waals surface area (Å²) in [7, 11) is 3.10. The minimum atomic E-state index is -1.07. The van der Waals surface area contributed by atoms with E-state index in [1.54, 1.807) is 57.5 Å². The van der Waals surface area contributed by atoms with Gasteiger partial charge in [-0.25, -0.2) is 4.39 Å². The molecule has 0 aliphatic heterocycles. The van der Waals surface area contributed by atoms with E-state index in [1.165, 1.54) is 6.07 Å². The maximum absolute atomic E-state index is 14.1. The van der Waals surface area contributed by atoms with Gasteiger partial charge < -0.3 is 15.2 Å². The summed E-state index contributed by atoms with van der Waals surface area (Å²) in [6, 6.07) is 11.8. The first-order valence-corrected chi connectivity index (χ1v) is 6.27. The van der Waals surface area contributed by atoms with Crippen molar-refractivity contribution in [1.29, 1.82) is 0 Å². The molecule has 0 spiro atoms. The zero-order valence-electron chi connectivity index (χ0n) is 11.8. The Morgan fingerprint density at radius 1 is 0.950 bits per heavy atom. The van der Waals surface area contributed by atoms with Crippen molar-refractivity contribution in [2.75, 3.05) is 14.2 Å². The highest BCUT2D eigenvalue weighted by Gasteiger charge is 2.33. The van der Waals surface area contributed by atoms with Gasteiger partial charge in [0, 0.05) is 5.56 Å². The molecule has 4 heteroatoms. The molecule has 0 aliphatic carbocycles. The third kappa shape index (κ3) is 2.34. The van der Waals surface area contributed by atoms with Crippen LogP contribution in [0.2, 0.25) is 0 Å². The lowest BCUT2D eigenvalue weighted by atomic mass is 9.84. The average Bonchev–Trinajstić information content (AvgIpc) is 2.46. The average molecular weight is 275 g/mol. The van der Waals surface area contributed by atoms with Gasteiger partial charge in [-0.2, -0.15) is 0 Å². The lowest BCUT2D eigenvalue weighted by Crippen LogP contribution is -2.36. The lowest BCUT2D eigenvalue weighted by molar-refractivity contribution is 0.367. The minimum Gasteiger partial charge on any atom is -0.496 e. The maximum Gasteiger partial charge on any atom is 0.128 e. The fraction of sp³-hybridized carbons (Fsp3) is 0.250. The van der Waals surface area contributed by atoms with Gasteiger partial charge in [-0.3, -0.25) is 0 Å². The lowest BCUT2D eigenvalue weighted by Gasteiger charge is -2.29. The molecule has 0 aromatic heterocycles. The van der Waals surface area contributed by atoms with Crippen LogP contribution in [-0.2, 0) is 5.54 Å². The largest absolute Gasteiger partial charge is 0.496 e. The van der Waals surface area contributed by atoms with Crippen molar-refractivity contribution in [1.82, 2.24) is 0 Å². The molecule has 0 bridgehead atoms. The third-order valence-electron chi connectivity index (χ3n) is 3.38. The predicted octanol–water partition coefficient (Wildman–Crippen LogP) is 3.07. The molecule has 0 aliphatic rings. The Morgan fingerprint density at radius 3 is 2.00 bits per heavy atom. The van der Waals surface area contributed by atoms with E-state index in [9.17, 15) is 4.39 Å². The number of methoxy groups -OCH3 is 2. The topological polar surface area (TPSA) is 44.5 Å². The van der Waals surface area contributed by atoms with Gasteiger partial charge in [-0.05, 0) is 25.1 Å². The molecule has 1 atom stereocenters. The molecule has 106 valence electrons. The van der Waals surface area contributed by atoms with E-state index in [1.807, 2.05) is 0 Å². The van der Waals surface area contributed by atoms with Gasteiger partial charge in [0.2, 0.25) is 0 Å². The fourth-order valence-corrected chi connectivity index (χ4v) is 2.38. The molecule has 0 saturated carbocycles. The molecular formula is C16H18FNO2. The summed E-state index contributed by atoms with van der Waals surface area (Å²) in [6.07, 6.45) is 0. The van der Waals surface area contributed by atoms with Crippen LogP contribution in [0.25, 0.3) is 0 Å². The zero-order chi connectivity index (χ0) is 14.8. The summed E-state index contributed by atoms with van der Waals surface area (Å²) < 4.78 is 24.8. The van der Waals surface area contributed by atoms with Crippen molar-refractivity contribution in [2.45, 2.75) is 12.5 Å². The number of ether oxygens (including phenoxy) is 2. The van der Waals surface area contributed by atoms with Crippen LogP contribution in [0, 0.1) is 5.82 Å². The van der Waals surface area contributed by atoms with E-state index < -0.39 is 5.54 Å². The quantitative estimate of drug-likeness (QED) is 0.932. The summed E-state index contributed by atoms with van der Waals surface area (Å²) in [5.74, 6) is 0.778. The Kier molecular flexibility index (Phi) is 3.95. The Hall–Kier alpha value is -2.07. The highest BCUT2D eigenvalue weighted by molar-refractivity contribution is 5.53. The van der Waals surface area contributed by atoms with Gasteiger partial charge in [-0.1, -0.05) is 24.3 Å². The zero-order valence-corrected chi connectivity index (χ0v) is 11.8. The summed E-state index contributed by atoms with van der Waals surface area (Å²) in [5, 5.41) is 0. The molecule has 2 rings (SSSR count). The van der Waals surface area contributed by atoms with Gasteiger partial charge in [0.1, 0.15) is 17.3 Å². The van der Waals surface area contributed by atoms with Crippen LogP contribution in [0.1, 0.15) is 18.1 Å². The second-order valence-electron chi connectivity index (χ2n) is 4.72. The Labute approximate surface area is 118 Å². The Balaban J connectivity index is 2.68. The van der Waals surface area contributed by atoms with E-state index in [0.717, 1.165) is 0 Å². The number of nitrogens with two attached hydrogens (primary N) is 1. The first kappa shape index (κ1) is 14.3. The van der Waals surface area contributed by atoms with Crippen molar-refractivity contribution in [3.8, 4) is 11.5 Å². The minimum absolute atomic E-state index is 0.356. The number of halogens is 1. The van der Waals surface area contributed by atoms with Crippen molar-refractivity contribution >= 4 is 0 Å². The number of hydrogen-bond acceptors (Lipinski definition) is 3. The predicted molar refractivity (Wildman–Crippen MR) is 76.6 cm³/mol. The van der Waals surface area contributed by atoms with E-state index in [2.05, 4.69) is 0 Å². The van der Waals surface area contributed by atoms with Crippen molar-refractivity contribution in [3.05, 3.63) is 59.4 Å². The van der Waals surface area contributed by atoms with Crippen LogP contribution in [0.15, 0.2) is 42.5 Å². The van der Waals surface area contributed by atoms with E-state index in [0.29, 0.717) is 22.6 Å². The summed E-state index contributed by atoms with van der Waals surface area (Å²) in [5.41, 5.74) is 6.36. The number of rotatable bonds is 4. The van der Waals surface area contributed by atoms with Crippen molar-refractivity contribution < 1.29 is 13.9 Å². The smallest absolute Gasteiger partial charge is 0.128 e. The van der Waals surface area contributed by atoms with Crippen molar-refractivity contribution in [3.63, 3.8) is 0 Å². The molecule has 0 radical (unpaired) electrons. The number of benzene rings is 2. The summed E-state index contributed by atoms with van der Waals surface area (Å²) in [4.78, 5) is 0. The van der Waals surface area contributed by atoms with Gasteiger partial charge in [0.05, 0.1) is 25.3 Å². The Bertz CT molecular complexity index is 589. The van der Waals surface area contributed by atoms with Crippen LogP contribution in [0.5, 0.6) is 11.5 Å². The van der Waals surface area contributed by atoms with E-state index >= 15 is 0 Å². The van der Waals surface area contributed by atoms with Crippen LogP contribution < -0.4 is 15.2 Å². The SMILES string of the molecule is COc1cccc(OC)c1C(C)(N)c1ccccc1F. The molecule has 2 N–H and O–H groups in total. The highest BCUT2D eigenvalue weighted by atomic mass is 19.1. The highest BCUT2D eigenvalue weighted by Crippen LogP contribution is 2.40. The van der Waals surface area contributed by atoms with E-state index in [-0.39, 0.29) is 5.82 Å². The monoisotopic (exact) mass is 275 g/mol. The number of hydrogen-bond donors (Lipinski definition) is 1. The third-order valence-corrected chi connectivity index (χ3v) is 3.38. The molecule has 0 heterocycles. The molecule has 0 fully saturated rings. The standard InChI is InChI=1S/C16H18FNO2/c1-16(18,11-7-4-5-8-12(11)17)15-13(19-2)9-6-10-14(15)20-3/h4-10H,18H2,1-3H3. The van der Waals surface area contributed by atoms with Crippen LogP contribution in [0.3, 0.4) is 0 Å². The molecule has 2 aromatic rings. The second kappa shape index (κ2) is 5.51. The van der Waals surface area contributed by atoms with Gasteiger partial charge in [0.15, 0.2) is 0 Å². The first-order chi connectivity index (χ1) is 9.52. The van der Waals surface area contributed by atoms with Crippen molar-refractivity contribution in [2.24, 2.45) is 5.73 Å². The maximum atomic E-state index is 14.1. The summed E-state index contributed by atoms with van der Waals surface area (Å²) in [6.45, 7) is 1.74. The fourth-order valence-electron chi connectivity index (χ4n) is 2.38. The molecule has 2 aromatic carbocycles. The van der Waals surface area contributed by atoms with Gasteiger partial charge in [-0.15, -0.1) is 0 Å². The van der Waals surface area contributed by atoms with Crippen LogP contribution in [0.4, 0.5) is 4.39 Å². The normalized spacial score (nSPS) is 13.7. The molecular weight excluding hydrogens is 257 g/mol. The second-order valence-corrected chi connectivity index (χ2v) is 4.72. The molecule has 3 nitrogen and oxygen atoms in total. The van der Waals surface area contributed by atoms with Gasteiger partial charge >= 0.3 is 0 Å². The Morgan fingerprint density at radius 2 is 1.50 bits per heavy atom. The molecule has 1 unspecified atom stereocenters. The summed E-state index contributed by atoms with van der Waals surface area (Å²) >= 11 is 0. The van der Waals surface area contributed by atoms with E-state index in [4.69, 9.17) is 15.2 Å². The van der Waals surface area contributed by atoms with Crippen LogP contribution in [-0.4, -0.2) is 14.2 Å². The molecule has 0 amide bonds. The first-order valence-electron chi connectivity index (χ1n) is 6.27. The van der Waals surface area contributed by atoms with Gasteiger partial charge in [0.25, 0.3) is 0 Å². The molecule has 0 saturated heterocycles.